The third-order valence-corrected chi connectivity index (χ3v) is 6.84. The number of hydrogen-bond donors (Lipinski definition) is 4. The van der Waals surface area contributed by atoms with E-state index in [9.17, 15) is 15.0 Å². The Morgan fingerprint density at radius 3 is 2.29 bits per heavy atom. The molecule has 0 saturated carbocycles. The summed E-state index contributed by atoms with van der Waals surface area (Å²) in [5.41, 5.74) is 7.15. The summed E-state index contributed by atoms with van der Waals surface area (Å²) in [6, 6.07) is 32.0. The first-order valence-electron chi connectivity index (χ1n) is 12.6. The van der Waals surface area contributed by atoms with Crippen molar-refractivity contribution in [2.24, 2.45) is 0 Å². The van der Waals surface area contributed by atoms with Crippen LogP contribution >= 0.6 is 0 Å². The van der Waals surface area contributed by atoms with Crippen molar-refractivity contribution in [2.45, 2.75) is 26.3 Å². The summed E-state index contributed by atoms with van der Waals surface area (Å²) in [6.07, 6.45) is 0.625. The zero-order valence-corrected chi connectivity index (χ0v) is 21.4. The highest BCUT2D eigenvalue weighted by molar-refractivity contribution is 5.93. The molecule has 0 aliphatic carbocycles. The highest BCUT2D eigenvalue weighted by atomic mass is 16.3. The summed E-state index contributed by atoms with van der Waals surface area (Å²) in [7, 11) is 0. The number of rotatable bonds is 6. The molecule has 0 saturated heterocycles. The molecule has 0 fully saturated rings. The van der Waals surface area contributed by atoms with E-state index in [1.807, 2.05) is 80.6 Å². The first-order valence-corrected chi connectivity index (χ1v) is 12.6. The van der Waals surface area contributed by atoms with Crippen LogP contribution < -0.4 is 10.6 Å². The predicted molar refractivity (Wildman–Crippen MR) is 154 cm³/mol. The Balaban J connectivity index is 1.48. The van der Waals surface area contributed by atoms with Crippen LogP contribution in [-0.2, 0) is 6.42 Å². The van der Waals surface area contributed by atoms with E-state index in [0.717, 1.165) is 49.8 Å². The van der Waals surface area contributed by atoms with E-state index in [0.29, 0.717) is 6.42 Å². The van der Waals surface area contributed by atoms with Gasteiger partial charge in [-0.2, -0.15) is 0 Å². The largest absolute Gasteiger partial charge is 0.508 e. The second kappa shape index (κ2) is 10.7. The van der Waals surface area contributed by atoms with Crippen molar-refractivity contribution in [3.05, 3.63) is 125 Å². The van der Waals surface area contributed by atoms with E-state index in [4.69, 9.17) is 0 Å². The zero-order valence-electron chi connectivity index (χ0n) is 21.4. The third kappa shape index (κ3) is 5.47. The first kappa shape index (κ1) is 24.9. The molecule has 0 radical (unpaired) electrons. The quantitative estimate of drug-likeness (QED) is 0.192. The molecule has 0 aromatic heterocycles. The number of aryl methyl sites for hydroxylation is 1. The average Bonchev–Trinajstić information content (AvgIpc) is 2.91. The molecule has 0 bridgehead atoms. The summed E-state index contributed by atoms with van der Waals surface area (Å²) in [4.78, 5) is 12.8. The lowest BCUT2D eigenvalue weighted by Gasteiger charge is -2.20. The van der Waals surface area contributed by atoms with E-state index in [-0.39, 0.29) is 23.6 Å². The highest BCUT2D eigenvalue weighted by Crippen LogP contribution is 2.35. The third-order valence-electron chi connectivity index (χ3n) is 6.84. The molecule has 2 amide bonds. The van der Waals surface area contributed by atoms with Gasteiger partial charge in [0.15, 0.2) is 0 Å². The number of phenolic OH excluding ortho intramolecular Hbond substituents is 2. The topological polar surface area (TPSA) is 81.6 Å². The molecule has 0 spiro atoms. The Hall–Kier alpha value is -4.77. The number of phenols is 2. The van der Waals surface area contributed by atoms with Crippen molar-refractivity contribution in [1.29, 1.82) is 0 Å². The fourth-order valence-corrected chi connectivity index (χ4v) is 4.87. The molecule has 0 aliphatic heterocycles. The molecule has 0 aliphatic rings. The summed E-state index contributed by atoms with van der Waals surface area (Å²) in [6.45, 7) is 3.99. The number of benzene rings is 5. The standard InChI is InChI=1S/C33H30N2O3/c1-21-7-12-26(13-8-21)35-33(38)34-22(2)29-6-4-3-5-24(29)20-32-30(23-9-14-27(36)15-10-23)17-11-25-19-28(37)16-18-31(25)32/h3-19,22,36-37H,20H2,1-2H3,(H2,34,35,38). The van der Waals surface area contributed by atoms with Crippen molar-refractivity contribution in [2.75, 3.05) is 5.32 Å². The molecule has 5 rings (SSSR count). The Morgan fingerprint density at radius 2 is 1.53 bits per heavy atom. The monoisotopic (exact) mass is 502 g/mol. The van der Waals surface area contributed by atoms with E-state index in [1.54, 1.807) is 24.3 Å². The van der Waals surface area contributed by atoms with E-state index in [1.165, 1.54) is 0 Å². The van der Waals surface area contributed by atoms with Crippen LogP contribution in [0.4, 0.5) is 10.5 Å². The Morgan fingerprint density at radius 1 is 0.816 bits per heavy atom. The lowest BCUT2D eigenvalue weighted by atomic mass is 9.88. The van der Waals surface area contributed by atoms with E-state index in [2.05, 4.69) is 22.8 Å². The van der Waals surface area contributed by atoms with Gasteiger partial charge in [0, 0.05) is 5.69 Å². The molecule has 38 heavy (non-hydrogen) atoms. The molecule has 5 aromatic rings. The number of urea groups is 1. The van der Waals surface area contributed by atoms with Crippen LogP contribution in [0.2, 0.25) is 0 Å². The fraction of sp³-hybridized carbons (Fsp3) is 0.121. The number of carbonyl (C=O) groups is 1. The summed E-state index contributed by atoms with van der Waals surface area (Å²) < 4.78 is 0. The number of nitrogens with one attached hydrogen (secondary N) is 2. The van der Waals surface area contributed by atoms with Gasteiger partial charge in [-0.15, -0.1) is 0 Å². The second-order valence-corrected chi connectivity index (χ2v) is 9.61. The van der Waals surface area contributed by atoms with Crippen molar-refractivity contribution >= 4 is 22.5 Å². The summed E-state index contributed by atoms with van der Waals surface area (Å²) in [5, 5.41) is 27.9. The van der Waals surface area contributed by atoms with Crippen molar-refractivity contribution < 1.29 is 15.0 Å². The molecule has 1 atom stereocenters. The van der Waals surface area contributed by atoms with Crippen LogP contribution in [0.25, 0.3) is 21.9 Å². The van der Waals surface area contributed by atoms with E-state index < -0.39 is 0 Å². The minimum Gasteiger partial charge on any atom is -0.508 e. The smallest absolute Gasteiger partial charge is 0.319 e. The second-order valence-electron chi connectivity index (χ2n) is 9.61. The average molecular weight is 503 g/mol. The number of amides is 2. The van der Waals surface area contributed by atoms with Gasteiger partial charge < -0.3 is 20.8 Å². The number of fused-ring (bicyclic) bond motifs is 1. The van der Waals surface area contributed by atoms with Gasteiger partial charge in [0.25, 0.3) is 0 Å². The maximum atomic E-state index is 12.8. The molecule has 5 nitrogen and oxygen atoms in total. The fourth-order valence-electron chi connectivity index (χ4n) is 4.87. The van der Waals surface area contributed by atoms with Crippen molar-refractivity contribution in [3.63, 3.8) is 0 Å². The van der Waals surface area contributed by atoms with Crippen LogP contribution in [-0.4, -0.2) is 16.2 Å². The minimum absolute atomic E-state index is 0.218. The maximum absolute atomic E-state index is 12.8. The van der Waals surface area contributed by atoms with Crippen LogP contribution in [0.15, 0.2) is 103 Å². The SMILES string of the molecule is Cc1ccc(NC(=O)NC(C)c2ccccc2Cc2c(-c3ccc(O)cc3)ccc3cc(O)ccc23)cc1. The highest BCUT2D eigenvalue weighted by Gasteiger charge is 2.17. The molecule has 1 unspecified atom stereocenters. The molecule has 4 N–H and O–H groups in total. The van der Waals surface area contributed by atoms with Gasteiger partial charge in [-0.3, -0.25) is 0 Å². The number of carbonyl (C=O) groups excluding carboxylic acids is 1. The predicted octanol–water partition coefficient (Wildman–Crippen LogP) is 7.70. The van der Waals surface area contributed by atoms with Gasteiger partial charge in [0.2, 0.25) is 0 Å². The van der Waals surface area contributed by atoms with Crippen LogP contribution in [0, 0.1) is 6.92 Å². The van der Waals surface area contributed by atoms with Crippen molar-refractivity contribution in [1.82, 2.24) is 5.32 Å². The van der Waals surface area contributed by atoms with Gasteiger partial charge in [0.05, 0.1) is 6.04 Å². The molecule has 190 valence electrons. The van der Waals surface area contributed by atoms with Gasteiger partial charge >= 0.3 is 6.03 Å². The number of hydrogen-bond acceptors (Lipinski definition) is 3. The van der Waals surface area contributed by atoms with Gasteiger partial charge in [-0.05, 0) is 95.3 Å². The maximum Gasteiger partial charge on any atom is 0.319 e. The molecular formula is C33H30N2O3. The summed E-state index contributed by atoms with van der Waals surface area (Å²) >= 11 is 0. The first-order chi connectivity index (χ1) is 18.4. The lowest BCUT2D eigenvalue weighted by Crippen LogP contribution is -2.31. The lowest BCUT2D eigenvalue weighted by molar-refractivity contribution is 0.249. The van der Waals surface area contributed by atoms with Crippen LogP contribution in [0.1, 0.15) is 35.2 Å². The Labute approximate surface area is 222 Å². The molecule has 5 heteroatoms. The normalized spacial score (nSPS) is 11.7. The zero-order chi connectivity index (χ0) is 26.6. The van der Waals surface area contributed by atoms with E-state index >= 15 is 0 Å². The van der Waals surface area contributed by atoms with Gasteiger partial charge in [-0.25, -0.2) is 4.79 Å². The van der Waals surface area contributed by atoms with Crippen LogP contribution in [0.5, 0.6) is 11.5 Å². The van der Waals surface area contributed by atoms with Gasteiger partial charge in [0.1, 0.15) is 11.5 Å². The molecule has 0 heterocycles. The Kier molecular flexibility index (Phi) is 7.00. The Bertz CT molecular complexity index is 1590. The summed E-state index contributed by atoms with van der Waals surface area (Å²) in [5.74, 6) is 0.439. The molecule has 5 aromatic carbocycles. The van der Waals surface area contributed by atoms with Crippen molar-refractivity contribution in [3.8, 4) is 22.6 Å². The van der Waals surface area contributed by atoms with Gasteiger partial charge in [-0.1, -0.05) is 72.3 Å². The van der Waals surface area contributed by atoms with Crippen LogP contribution in [0.3, 0.4) is 0 Å². The molecular weight excluding hydrogens is 472 g/mol. The number of aromatic hydroxyl groups is 2. The minimum atomic E-state index is -0.262. The number of anilines is 1.